The number of alkyl halides is 1. The standard InChI is InChI=1S/C14H16ClFN2/c1-9-4-2-6-11(9)18-12-7-3-5-10(16)14(12)17-13(18)8-15/h3,5,7,9,11H,2,4,6,8H2,1H3. The highest BCUT2D eigenvalue weighted by Crippen LogP contribution is 2.38. The van der Waals surface area contributed by atoms with Gasteiger partial charge in [-0.15, -0.1) is 11.6 Å². The molecule has 0 aliphatic heterocycles. The van der Waals surface area contributed by atoms with E-state index in [0.717, 1.165) is 17.8 Å². The molecule has 2 nitrogen and oxygen atoms in total. The Labute approximate surface area is 111 Å². The van der Waals surface area contributed by atoms with Crippen LogP contribution in [0, 0.1) is 11.7 Å². The van der Waals surface area contributed by atoms with Crippen LogP contribution >= 0.6 is 11.6 Å². The molecule has 4 heteroatoms. The van der Waals surface area contributed by atoms with Crippen molar-refractivity contribution in [2.45, 2.75) is 38.1 Å². The maximum atomic E-state index is 13.8. The lowest BCUT2D eigenvalue weighted by Crippen LogP contribution is -2.14. The van der Waals surface area contributed by atoms with E-state index in [2.05, 4.69) is 16.5 Å². The Balaban J connectivity index is 2.22. The molecular weight excluding hydrogens is 251 g/mol. The Kier molecular flexibility index (Phi) is 3.02. The molecule has 1 aliphatic rings. The average Bonchev–Trinajstić information content (AvgIpc) is 2.93. The number of aromatic nitrogens is 2. The fraction of sp³-hybridized carbons (Fsp3) is 0.500. The summed E-state index contributed by atoms with van der Waals surface area (Å²) in [6.07, 6.45) is 3.58. The van der Waals surface area contributed by atoms with E-state index in [4.69, 9.17) is 11.6 Å². The highest BCUT2D eigenvalue weighted by atomic mass is 35.5. The van der Waals surface area contributed by atoms with Crippen LogP contribution in [0.4, 0.5) is 4.39 Å². The minimum absolute atomic E-state index is 0.261. The van der Waals surface area contributed by atoms with Gasteiger partial charge in [0.15, 0.2) is 5.82 Å². The summed E-state index contributed by atoms with van der Waals surface area (Å²) in [5, 5.41) is 0. The Hall–Kier alpha value is -1.09. The van der Waals surface area contributed by atoms with Crippen molar-refractivity contribution in [1.82, 2.24) is 9.55 Å². The van der Waals surface area contributed by atoms with Gasteiger partial charge in [0.2, 0.25) is 0 Å². The quantitative estimate of drug-likeness (QED) is 0.742. The van der Waals surface area contributed by atoms with Crippen molar-refractivity contribution in [2.24, 2.45) is 5.92 Å². The van der Waals surface area contributed by atoms with Gasteiger partial charge in [-0.05, 0) is 30.9 Å². The number of benzene rings is 1. The molecule has 1 aromatic carbocycles. The van der Waals surface area contributed by atoms with Gasteiger partial charge in [-0.3, -0.25) is 0 Å². The Morgan fingerprint density at radius 2 is 2.28 bits per heavy atom. The van der Waals surface area contributed by atoms with Crippen molar-refractivity contribution < 1.29 is 4.39 Å². The van der Waals surface area contributed by atoms with E-state index in [0.29, 0.717) is 23.4 Å². The topological polar surface area (TPSA) is 17.8 Å². The summed E-state index contributed by atoms with van der Waals surface area (Å²) in [4.78, 5) is 4.37. The van der Waals surface area contributed by atoms with E-state index in [1.807, 2.05) is 6.07 Å². The van der Waals surface area contributed by atoms with Crippen molar-refractivity contribution >= 4 is 22.6 Å². The Bertz CT molecular complexity index is 578. The number of nitrogens with zero attached hydrogens (tertiary/aromatic N) is 2. The second-order valence-electron chi connectivity index (χ2n) is 5.11. The Morgan fingerprint density at radius 3 is 2.94 bits per heavy atom. The van der Waals surface area contributed by atoms with Crippen molar-refractivity contribution in [1.29, 1.82) is 0 Å². The third kappa shape index (κ3) is 1.72. The molecule has 0 amide bonds. The molecule has 0 N–H and O–H groups in total. The monoisotopic (exact) mass is 266 g/mol. The number of rotatable bonds is 2. The molecule has 1 fully saturated rings. The van der Waals surface area contributed by atoms with Crippen LogP contribution in [0.2, 0.25) is 0 Å². The Morgan fingerprint density at radius 1 is 1.44 bits per heavy atom. The molecule has 1 aliphatic carbocycles. The zero-order valence-electron chi connectivity index (χ0n) is 10.4. The normalized spacial score (nSPS) is 23.9. The lowest BCUT2D eigenvalue weighted by atomic mass is 10.1. The molecule has 1 heterocycles. The summed E-state index contributed by atoms with van der Waals surface area (Å²) in [5.74, 6) is 1.46. The molecule has 0 saturated heterocycles. The van der Waals surface area contributed by atoms with E-state index in [9.17, 15) is 4.39 Å². The molecule has 0 spiro atoms. The van der Waals surface area contributed by atoms with Gasteiger partial charge in [-0.2, -0.15) is 0 Å². The molecule has 96 valence electrons. The fourth-order valence-corrected chi connectivity index (χ4v) is 3.29. The van der Waals surface area contributed by atoms with E-state index in [1.165, 1.54) is 18.9 Å². The molecule has 2 atom stereocenters. The second kappa shape index (κ2) is 4.54. The van der Waals surface area contributed by atoms with Gasteiger partial charge in [-0.25, -0.2) is 9.37 Å². The van der Waals surface area contributed by atoms with Crippen LogP contribution in [0.3, 0.4) is 0 Å². The van der Waals surface area contributed by atoms with Crippen LogP contribution in [0.25, 0.3) is 11.0 Å². The molecular formula is C14H16ClFN2. The minimum atomic E-state index is -0.261. The van der Waals surface area contributed by atoms with Gasteiger partial charge in [0, 0.05) is 6.04 Å². The lowest BCUT2D eigenvalue weighted by molar-refractivity contribution is 0.408. The van der Waals surface area contributed by atoms with Crippen molar-refractivity contribution in [2.75, 3.05) is 0 Å². The summed E-state index contributed by atoms with van der Waals surface area (Å²) in [6.45, 7) is 2.25. The summed E-state index contributed by atoms with van der Waals surface area (Å²) < 4.78 is 15.9. The van der Waals surface area contributed by atoms with Crippen molar-refractivity contribution in [3.63, 3.8) is 0 Å². The number of para-hydroxylation sites is 1. The van der Waals surface area contributed by atoms with Crippen LogP contribution in [-0.4, -0.2) is 9.55 Å². The minimum Gasteiger partial charge on any atom is -0.323 e. The number of imidazole rings is 1. The van der Waals surface area contributed by atoms with Crippen molar-refractivity contribution in [3.8, 4) is 0 Å². The van der Waals surface area contributed by atoms with Gasteiger partial charge in [0.25, 0.3) is 0 Å². The van der Waals surface area contributed by atoms with Gasteiger partial charge < -0.3 is 4.57 Å². The zero-order chi connectivity index (χ0) is 12.7. The molecule has 2 aromatic rings. The van der Waals surface area contributed by atoms with Crippen LogP contribution in [0.5, 0.6) is 0 Å². The molecule has 18 heavy (non-hydrogen) atoms. The smallest absolute Gasteiger partial charge is 0.151 e. The van der Waals surface area contributed by atoms with Crippen LogP contribution in [-0.2, 0) is 5.88 Å². The van der Waals surface area contributed by atoms with Crippen LogP contribution in [0.1, 0.15) is 38.1 Å². The molecule has 1 saturated carbocycles. The number of hydrogen-bond acceptors (Lipinski definition) is 1. The number of hydrogen-bond donors (Lipinski definition) is 0. The fourth-order valence-electron chi connectivity index (χ4n) is 3.10. The first-order chi connectivity index (χ1) is 8.72. The molecule has 0 bridgehead atoms. The van der Waals surface area contributed by atoms with Gasteiger partial charge >= 0.3 is 0 Å². The maximum absolute atomic E-state index is 13.8. The summed E-state index contributed by atoms with van der Waals surface area (Å²) in [5.41, 5.74) is 1.33. The zero-order valence-corrected chi connectivity index (χ0v) is 11.1. The molecule has 0 radical (unpaired) electrons. The summed E-state index contributed by atoms with van der Waals surface area (Å²) in [7, 11) is 0. The largest absolute Gasteiger partial charge is 0.323 e. The van der Waals surface area contributed by atoms with Gasteiger partial charge in [0.1, 0.15) is 11.3 Å². The van der Waals surface area contributed by atoms with Crippen LogP contribution < -0.4 is 0 Å². The predicted molar refractivity (Wildman–Crippen MR) is 71.3 cm³/mol. The first kappa shape index (κ1) is 12.0. The molecule has 3 rings (SSSR count). The highest BCUT2D eigenvalue weighted by Gasteiger charge is 2.28. The highest BCUT2D eigenvalue weighted by molar-refractivity contribution is 6.16. The average molecular weight is 267 g/mol. The number of fused-ring (bicyclic) bond motifs is 1. The predicted octanol–water partition coefficient (Wildman–Crippen LogP) is 4.28. The first-order valence-corrected chi connectivity index (χ1v) is 6.97. The van der Waals surface area contributed by atoms with E-state index in [1.54, 1.807) is 6.07 Å². The van der Waals surface area contributed by atoms with Gasteiger partial charge in [-0.1, -0.05) is 19.4 Å². The van der Waals surface area contributed by atoms with E-state index in [-0.39, 0.29) is 5.82 Å². The third-order valence-electron chi connectivity index (χ3n) is 4.01. The maximum Gasteiger partial charge on any atom is 0.151 e. The lowest BCUT2D eigenvalue weighted by Gasteiger charge is -2.20. The number of halogens is 2. The third-order valence-corrected chi connectivity index (χ3v) is 4.25. The van der Waals surface area contributed by atoms with Crippen molar-refractivity contribution in [3.05, 3.63) is 29.8 Å². The van der Waals surface area contributed by atoms with E-state index < -0.39 is 0 Å². The summed E-state index contributed by atoms with van der Waals surface area (Å²) >= 11 is 5.98. The van der Waals surface area contributed by atoms with E-state index >= 15 is 0 Å². The molecule has 2 unspecified atom stereocenters. The second-order valence-corrected chi connectivity index (χ2v) is 5.38. The SMILES string of the molecule is CC1CCCC1n1c(CCl)nc2c(F)cccc21. The summed E-state index contributed by atoms with van der Waals surface area (Å²) in [6, 6.07) is 5.54. The van der Waals surface area contributed by atoms with Crippen LogP contribution in [0.15, 0.2) is 18.2 Å². The van der Waals surface area contributed by atoms with Gasteiger partial charge in [0.05, 0.1) is 11.4 Å². The first-order valence-electron chi connectivity index (χ1n) is 6.43. The molecule has 1 aromatic heterocycles.